The van der Waals surface area contributed by atoms with Crippen LogP contribution in [0, 0.1) is 17.0 Å². The van der Waals surface area contributed by atoms with Gasteiger partial charge in [0.1, 0.15) is 12.4 Å². The molecule has 6 nitrogen and oxygen atoms in total. The van der Waals surface area contributed by atoms with E-state index in [2.05, 4.69) is 0 Å². The molecule has 1 aromatic heterocycles. The first-order valence-electron chi connectivity index (χ1n) is 5.69. The van der Waals surface area contributed by atoms with Crippen molar-refractivity contribution in [3.8, 4) is 11.5 Å². The van der Waals surface area contributed by atoms with Crippen LogP contribution in [0.4, 0.5) is 5.69 Å². The molecule has 2 rings (SSSR count). The molecule has 1 aromatic carbocycles. The van der Waals surface area contributed by atoms with Gasteiger partial charge in [-0.25, -0.2) is 4.57 Å². The summed E-state index contributed by atoms with van der Waals surface area (Å²) in [4.78, 5) is 11.0. The van der Waals surface area contributed by atoms with Crippen molar-refractivity contribution in [2.75, 3.05) is 14.2 Å². The summed E-state index contributed by atoms with van der Waals surface area (Å²) in [5, 5.41) is 11.9. The third-order valence-electron chi connectivity index (χ3n) is 3.13. The van der Waals surface area contributed by atoms with Crippen molar-refractivity contribution in [2.24, 2.45) is 7.05 Å². The van der Waals surface area contributed by atoms with Gasteiger partial charge in [0.25, 0.3) is 0 Å². The fourth-order valence-corrected chi connectivity index (χ4v) is 2.19. The second-order valence-electron chi connectivity index (χ2n) is 4.22. The lowest BCUT2D eigenvalue weighted by molar-refractivity contribution is -0.645. The predicted molar refractivity (Wildman–Crippen MR) is 69.6 cm³/mol. The summed E-state index contributed by atoms with van der Waals surface area (Å²) in [7, 11) is 4.69. The topological polar surface area (TPSA) is 65.5 Å². The molecule has 1 heterocycles. The number of rotatable bonds is 3. The van der Waals surface area contributed by atoms with E-state index >= 15 is 0 Å². The normalized spacial score (nSPS) is 10.0. The first-order valence-corrected chi connectivity index (χ1v) is 5.69. The molecule has 0 N–H and O–H groups in total. The number of nitro groups is 1. The maximum atomic E-state index is 11.4. The Balaban J connectivity index is 0.00000200. The fourth-order valence-electron chi connectivity index (χ4n) is 2.19. The average Bonchev–Trinajstić information content (AvgIpc) is 2.40. The molecule has 2 aromatic rings. The quantitative estimate of drug-likeness (QED) is 0.289. The van der Waals surface area contributed by atoms with E-state index in [4.69, 9.17) is 9.47 Å². The molecule has 0 atom stereocenters. The number of hydrogen-bond acceptors (Lipinski definition) is 4. The van der Waals surface area contributed by atoms with Crippen LogP contribution in [-0.2, 0) is 7.05 Å². The Morgan fingerprint density at radius 2 is 1.95 bits per heavy atom. The lowest BCUT2D eigenvalue weighted by Gasteiger charge is -2.10. The number of benzene rings is 1. The average molecular weight is 390 g/mol. The number of methoxy groups -OCH3 is 2. The minimum atomic E-state index is -0.434. The van der Waals surface area contributed by atoms with Crippen molar-refractivity contribution in [3.63, 3.8) is 0 Å². The number of ether oxygens (including phenoxy) is 2. The summed E-state index contributed by atoms with van der Waals surface area (Å²) >= 11 is 0. The van der Waals surface area contributed by atoms with Crippen molar-refractivity contribution >= 4 is 16.6 Å². The van der Waals surface area contributed by atoms with Gasteiger partial charge in [0.05, 0.1) is 25.2 Å². The number of halogens is 1. The second kappa shape index (κ2) is 6.21. The van der Waals surface area contributed by atoms with Crippen molar-refractivity contribution in [1.82, 2.24) is 0 Å². The van der Waals surface area contributed by atoms with E-state index < -0.39 is 4.92 Å². The summed E-state index contributed by atoms with van der Waals surface area (Å²) < 4.78 is 12.2. The molecule has 20 heavy (non-hydrogen) atoms. The Kier molecular flexibility index (Phi) is 5.09. The highest BCUT2D eigenvalue weighted by atomic mass is 127. The van der Waals surface area contributed by atoms with Gasteiger partial charge in [-0.1, -0.05) is 0 Å². The van der Waals surface area contributed by atoms with Gasteiger partial charge in [0, 0.05) is 6.07 Å². The van der Waals surface area contributed by atoms with E-state index in [0.717, 1.165) is 11.1 Å². The summed E-state index contributed by atoms with van der Waals surface area (Å²) in [6, 6.07) is 3.58. The Bertz CT molecular complexity index is 673. The fraction of sp³-hybridized carbons (Fsp3) is 0.308. The molecule has 0 amide bonds. The van der Waals surface area contributed by atoms with Crippen LogP contribution in [0.25, 0.3) is 10.9 Å². The maximum Gasteiger partial charge on any atom is 0.328 e. The third-order valence-corrected chi connectivity index (χ3v) is 3.13. The van der Waals surface area contributed by atoms with E-state index in [0.29, 0.717) is 11.1 Å². The van der Waals surface area contributed by atoms with Gasteiger partial charge in [0.2, 0.25) is 11.3 Å². The van der Waals surface area contributed by atoms with Gasteiger partial charge < -0.3 is 33.5 Å². The molecule has 0 saturated carbocycles. The number of pyridine rings is 1. The van der Waals surface area contributed by atoms with Gasteiger partial charge in [-0.2, -0.15) is 0 Å². The van der Waals surface area contributed by atoms with Gasteiger partial charge in [0.15, 0.2) is 11.9 Å². The predicted octanol–water partition coefficient (Wildman–Crippen LogP) is -1.10. The van der Waals surface area contributed by atoms with Crippen molar-refractivity contribution in [1.29, 1.82) is 0 Å². The molecular formula is C13H15IN2O4. The smallest absolute Gasteiger partial charge is 0.328 e. The molecule has 0 unspecified atom stereocenters. The highest BCUT2D eigenvalue weighted by molar-refractivity contribution is 5.94. The Morgan fingerprint density at radius 1 is 1.30 bits per heavy atom. The van der Waals surface area contributed by atoms with E-state index in [9.17, 15) is 10.1 Å². The molecule has 0 aliphatic heterocycles. The van der Waals surface area contributed by atoms with Crippen LogP contribution in [0.1, 0.15) is 5.56 Å². The molecule has 0 radical (unpaired) electrons. The molecule has 0 aliphatic carbocycles. The molecule has 0 bridgehead atoms. The maximum absolute atomic E-state index is 11.4. The van der Waals surface area contributed by atoms with Crippen LogP contribution in [0.2, 0.25) is 0 Å². The Hall–Kier alpha value is -1.64. The minimum Gasteiger partial charge on any atom is -1.00 e. The van der Waals surface area contributed by atoms with Crippen molar-refractivity contribution in [3.05, 3.63) is 34.0 Å². The third kappa shape index (κ3) is 2.49. The molecule has 0 spiro atoms. The Labute approximate surface area is 133 Å². The summed E-state index contributed by atoms with van der Waals surface area (Å²) in [6.07, 6.45) is 1.85. The second-order valence-corrected chi connectivity index (χ2v) is 4.22. The first-order chi connectivity index (χ1) is 9.01. The van der Waals surface area contributed by atoms with Crippen molar-refractivity contribution in [2.45, 2.75) is 6.92 Å². The summed E-state index contributed by atoms with van der Waals surface area (Å²) in [5.41, 5.74) is 1.48. The molecular weight excluding hydrogens is 375 g/mol. The van der Waals surface area contributed by atoms with Crippen LogP contribution in [0.3, 0.4) is 0 Å². The summed E-state index contributed by atoms with van der Waals surface area (Å²) in [6.45, 7) is 1.83. The van der Waals surface area contributed by atoms with Crippen LogP contribution in [0.5, 0.6) is 11.5 Å². The number of aryl methyl sites for hydroxylation is 2. The molecule has 108 valence electrons. The zero-order valence-electron chi connectivity index (χ0n) is 11.6. The number of aromatic nitrogens is 1. The Morgan fingerprint density at radius 3 is 2.45 bits per heavy atom. The molecule has 0 aliphatic rings. The van der Waals surface area contributed by atoms with Crippen LogP contribution < -0.4 is 38.0 Å². The largest absolute Gasteiger partial charge is 1.00 e. The number of hydrogen-bond donors (Lipinski definition) is 0. The van der Waals surface area contributed by atoms with Crippen molar-refractivity contribution < 1.29 is 42.9 Å². The van der Waals surface area contributed by atoms with Gasteiger partial charge >= 0.3 is 5.69 Å². The molecule has 0 fully saturated rings. The van der Waals surface area contributed by atoms with E-state index in [1.54, 1.807) is 6.07 Å². The minimum absolute atomic E-state index is 0. The highest BCUT2D eigenvalue weighted by Crippen LogP contribution is 2.42. The standard InChI is InChI=1S/C13H15N2O4.HI/c1-8-5-6-14(2)9-7-10(18-3)13(19-4)12(11(8)9)15(16)17;/h5-7H,1-4H3;1H/q+1;/p-1. The zero-order valence-corrected chi connectivity index (χ0v) is 13.8. The number of fused-ring (bicyclic) bond motifs is 1. The SMILES string of the molecule is COc1cc2c(c(C)cc[n+]2C)c([N+](=O)[O-])c1OC.[I-]. The van der Waals surface area contributed by atoms with Crippen LogP contribution in [-0.4, -0.2) is 19.1 Å². The van der Waals surface area contributed by atoms with Gasteiger partial charge in [-0.3, -0.25) is 10.1 Å². The molecule has 0 saturated heterocycles. The number of nitrogens with zero attached hydrogens (tertiary/aromatic N) is 2. The van der Waals surface area contributed by atoms with Gasteiger partial charge in [-0.15, -0.1) is 0 Å². The van der Waals surface area contributed by atoms with Gasteiger partial charge in [-0.05, 0) is 12.5 Å². The summed E-state index contributed by atoms with van der Waals surface area (Å²) in [5.74, 6) is 0.497. The van der Waals surface area contributed by atoms with Crippen LogP contribution in [0.15, 0.2) is 18.3 Å². The zero-order chi connectivity index (χ0) is 14.2. The van der Waals surface area contributed by atoms with E-state index in [1.165, 1.54) is 14.2 Å². The lowest BCUT2D eigenvalue weighted by Crippen LogP contribution is -3.00. The first kappa shape index (κ1) is 16.4. The monoisotopic (exact) mass is 390 g/mol. The van der Waals surface area contributed by atoms with Crippen LogP contribution >= 0.6 is 0 Å². The van der Waals surface area contributed by atoms with E-state index in [-0.39, 0.29) is 35.4 Å². The highest BCUT2D eigenvalue weighted by Gasteiger charge is 2.29. The number of nitro benzene ring substituents is 1. The van der Waals surface area contributed by atoms with E-state index in [1.807, 2.05) is 30.8 Å². The molecule has 7 heteroatoms. The lowest BCUT2D eigenvalue weighted by atomic mass is 10.1.